The number of thioether (sulfide) groups is 1. The number of thiazole rings is 1. The molecule has 1 atom stereocenters. The van der Waals surface area contributed by atoms with Gasteiger partial charge in [0, 0.05) is 16.5 Å². The van der Waals surface area contributed by atoms with Crippen LogP contribution >= 0.6 is 35.0 Å². The van der Waals surface area contributed by atoms with Crippen molar-refractivity contribution in [2.45, 2.75) is 52.8 Å². The highest BCUT2D eigenvalue weighted by Gasteiger charge is 2.37. The average molecular weight is 400 g/mol. The van der Waals surface area contributed by atoms with Gasteiger partial charge in [0.15, 0.2) is 4.34 Å². The number of hydrogen-bond acceptors (Lipinski definition) is 6. The molecule has 2 aliphatic rings. The van der Waals surface area contributed by atoms with Gasteiger partial charge >= 0.3 is 0 Å². The molecule has 1 aliphatic heterocycles. The van der Waals surface area contributed by atoms with Crippen LogP contribution in [0.15, 0.2) is 51.7 Å². The molecule has 3 aromatic rings. The van der Waals surface area contributed by atoms with Crippen molar-refractivity contribution in [2.24, 2.45) is 5.14 Å². The Balaban J connectivity index is 1.62. The van der Waals surface area contributed by atoms with Crippen molar-refractivity contribution in [2.75, 3.05) is 4.90 Å². The van der Waals surface area contributed by atoms with Crippen molar-refractivity contribution in [3.8, 4) is 0 Å². The number of rotatable bonds is 3. The molecule has 6 heteroatoms. The molecule has 1 fully saturated rings. The Morgan fingerprint density at radius 3 is 2.73 bits per heavy atom. The number of hydrogen-bond donors (Lipinski definition) is 1. The first-order valence-electron chi connectivity index (χ1n) is 9.15. The Morgan fingerprint density at radius 1 is 1.04 bits per heavy atom. The van der Waals surface area contributed by atoms with Crippen LogP contribution in [0.5, 0.6) is 0 Å². The molecule has 5 rings (SSSR count). The van der Waals surface area contributed by atoms with Crippen LogP contribution in [0.3, 0.4) is 0 Å². The molecule has 134 valence electrons. The summed E-state index contributed by atoms with van der Waals surface area (Å²) in [7, 11) is 0. The number of nitrogens with zero attached hydrogens (tertiary/aromatic N) is 2. The lowest BCUT2D eigenvalue weighted by atomic mass is 9.93. The molecule has 1 aromatic heterocycles. The topological polar surface area (TPSA) is 42.1 Å². The summed E-state index contributed by atoms with van der Waals surface area (Å²) in [4.78, 5) is 8.91. The number of aromatic nitrogens is 1. The minimum atomic E-state index is 0.303. The highest BCUT2D eigenvalue weighted by molar-refractivity contribution is 8.00. The van der Waals surface area contributed by atoms with E-state index >= 15 is 0 Å². The van der Waals surface area contributed by atoms with Gasteiger partial charge in [0.2, 0.25) is 0 Å². The van der Waals surface area contributed by atoms with Crippen molar-refractivity contribution in [3.05, 3.63) is 48.0 Å². The molecule has 0 radical (unpaired) electrons. The minimum absolute atomic E-state index is 0.303. The normalized spacial score (nSPS) is 20.7. The van der Waals surface area contributed by atoms with E-state index in [1.807, 2.05) is 11.8 Å². The van der Waals surface area contributed by atoms with Crippen molar-refractivity contribution >= 4 is 51.0 Å². The molecular formula is C20H21N3S3. The zero-order valence-corrected chi connectivity index (χ0v) is 16.9. The summed E-state index contributed by atoms with van der Waals surface area (Å²) in [6, 6.07) is 16.1. The van der Waals surface area contributed by atoms with Gasteiger partial charge in [0.1, 0.15) is 5.37 Å². The number of nitrogens with two attached hydrogens (primary N) is 1. The molecule has 0 bridgehead atoms. The molecule has 0 spiro atoms. The first kappa shape index (κ1) is 16.9. The second-order valence-electron chi connectivity index (χ2n) is 6.93. The first-order chi connectivity index (χ1) is 12.8. The van der Waals surface area contributed by atoms with Gasteiger partial charge in [0.05, 0.1) is 15.9 Å². The molecule has 2 N–H and O–H groups in total. The van der Waals surface area contributed by atoms with E-state index in [-0.39, 0.29) is 0 Å². The standard InChI is InChI=1S/C20H21N3S3/c21-26-20-22-18-14(9-6-12-17(18)25-20)19-23(13-7-2-1-3-8-13)15-10-4-5-11-16(15)24-19/h4-6,9-13,19H,1-3,7-8,21H2. The second-order valence-corrected chi connectivity index (χ2v) is 9.96. The third kappa shape index (κ3) is 2.83. The molecule has 0 amide bonds. The maximum absolute atomic E-state index is 5.78. The fraction of sp³-hybridized carbons (Fsp3) is 0.350. The molecule has 26 heavy (non-hydrogen) atoms. The smallest absolute Gasteiger partial charge is 0.165 e. The summed E-state index contributed by atoms with van der Waals surface area (Å²) < 4.78 is 2.17. The summed E-state index contributed by atoms with van der Waals surface area (Å²) >= 11 is 4.91. The lowest BCUT2D eigenvalue weighted by molar-refractivity contribution is 0.412. The predicted octanol–water partition coefficient (Wildman–Crippen LogP) is 6.21. The van der Waals surface area contributed by atoms with Crippen molar-refractivity contribution in [1.82, 2.24) is 4.98 Å². The molecule has 2 aromatic carbocycles. The van der Waals surface area contributed by atoms with Crippen LogP contribution in [0.2, 0.25) is 0 Å². The Bertz CT molecular complexity index is 933. The predicted molar refractivity (Wildman–Crippen MR) is 114 cm³/mol. The molecule has 3 nitrogen and oxygen atoms in total. The van der Waals surface area contributed by atoms with Crippen LogP contribution in [0.4, 0.5) is 5.69 Å². The number of anilines is 1. The largest absolute Gasteiger partial charge is 0.351 e. The average Bonchev–Trinajstić information content (AvgIpc) is 3.29. The Hall–Kier alpha value is -1.21. The second kappa shape index (κ2) is 7.08. The van der Waals surface area contributed by atoms with Gasteiger partial charge < -0.3 is 4.90 Å². The number of benzene rings is 2. The molecule has 1 aliphatic carbocycles. The SMILES string of the molecule is NSc1nc2c(C3Sc4ccccc4N3C3CCCCC3)cccc2s1. The summed E-state index contributed by atoms with van der Waals surface area (Å²) in [5, 5.41) is 6.08. The van der Waals surface area contributed by atoms with Crippen LogP contribution < -0.4 is 10.0 Å². The Labute approximate surface area is 166 Å². The third-order valence-corrected chi connectivity index (χ3v) is 8.35. The quantitative estimate of drug-likeness (QED) is 0.531. The molecule has 1 unspecified atom stereocenters. The van der Waals surface area contributed by atoms with Gasteiger partial charge in [-0.3, -0.25) is 5.14 Å². The van der Waals surface area contributed by atoms with Crippen LogP contribution in [-0.2, 0) is 0 Å². The molecule has 0 saturated heterocycles. The first-order valence-corrected chi connectivity index (χ1v) is 11.7. The van der Waals surface area contributed by atoms with Crippen molar-refractivity contribution in [3.63, 3.8) is 0 Å². The fourth-order valence-electron chi connectivity index (χ4n) is 4.23. The van der Waals surface area contributed by atoms with Crippen molar-refractivity contribution in [1.29, 1.82) is 0 Å². The lowest BCUT2D eigenvalue weighted by Gasteiger charge is -2.37. The van der Waals surface area contributed by atoms with Gasteiger partial charge in [-0.25, -0.2) is 4.98 Å². The summed E-state index contributed by atoms with van der Waals surface area (Å²) in [6.07, 6.45) is 6.65. The Morgan fingerprint density at radius 2 is 1.88 bits per heavy atom. The maximum atomic E-state index is 5.78. The van der Waals surface area contributed by atoms with E-state index in [0.717, 1.165) is 9.86 Å². The Kier molecular flexibility index (Phi) is 4.61. The number of fused-ring (bicyclic) bond motifs is 2. The van der Waals surface area contributed by atoms with E-state index in [2.05, 4.69) is 47.4 Å². The van der Waals surface area contributed by atoms with Crippen LogP contribution in [0, 0.1) is 0 Å². The van der Waals surface area contributed by atoms with Gasteiger partial charge in [-0.2, -0.15) is 0 Å². The van der Waals surface area contributed by atoms with Crippen LogP contribution in [0.1, 0.15) is 43.0 Å². The van der Waals surface area contributed by atoms with E-state index in [1.165, 1.54) is 64.9 Å². The van der Waals surface area contributed by atoms with E-state index in [9.17, 15) is 0 Å². The molecular weight excluding hydrogens is 378 g/mol. The zero-order chi connectivity index (χ0) is 17.5. The summed E-state index contributed by atoms with van der Waals surface area (Å²) in [5.74, 6) is 0. The highest BCUT2D eigenvalue weighted by Crippen LogP contribution is 2.54. The summed E-state index contributed by atoms with van der Waals surface area (Å²) in [5.41, 5.74) is 3.84. The van der Waals surface area contributed by atoms with Gasteiger partial charge in [-0.05, 0) is 43.0 Å². The molecule has 1 saturated carbocycles. The number of para-hydroxylation sites is 2. The zero-order valence-electron chi connectivity index (χ0n) is 14.4. The monoisotopic (exact) mass is 399 g/mol. The van der Waals surface area contributed by atoms with E-state index in [1.54, 1.807) is 11.3 Å². The van der Waals surface area contributed by atoms with E-state index in [4.69, 9.17) is 10.1 Å². The van der Waals surface area contributed by atoms with Gasteiger partial charge in [-0.1, -0.05) is 55.3 Å². The molecule has 2 heterocycles. The third-order valence-electron chi connectivity index (χ3n) is 5.40. The van der Waals surface area contributed by atoms with Crippen LogP contribution in [0.25, 0.3) is 10.2 Å². The van der Waals surface area contributed by atoms with Crippen LogP contribution in [-0.4, -0.2) is 11.0 Å². The van der Waals surface area contributed by atoms with Crippen molar-refractivity contribution < 1.29 is 0 Å². The minimum Gasteiger partial charge on any atom is -0.351 e. The van der Waals surface area contributed by atoms with Gasteiger partial charge in [0.25, 0.3) is 0 Å². The van der Waals surface area contributed by atoms with E-state index in [0.29, 0.717) is 11.4 Å². The summed E-state index contributed by atoms with van der Waals surface area (Å²) in [6.45, 7) is 0. The fourth-order valence-corrected chi connectivity index (χ4v) is 6.98. The maximum Gasteiger partial charge on any atom is 0.165 e. The highest BCUT2D eigenvalue weighted by atomic mass is 32.2. The lowest BCUT2D eigenvalue weighted by Crippen LogP contribution is -2.36. The van der Waals surface area contributed by atoms with E-state index < -0.39 is 0 Å². The van der Waals surface area contributed by atoms with Gasteiger partial charge in [-0.15, -0.1) is 11.3 Å².